The van der Waals surface area contributed by atoms with E-state index >= 15 is 0 Å². The van der Waals surface area contributed by atoms with E-state index in [1.54, 1.807) is 12.1 Å². The maximum atomic E-state index is 13.0. The Labute approximate surface area is 181 Å². The highest BCUT2D eigenvalue weighted by Crippen LogP contribution is 2.34. The number of fused-ring (bicyclic) bond motifs is 2. The summed E-state index contributed by atoms with van der Waals surface area (Å²) in [5.41, 5.74) is 5.21. The van der Waals surface area contributed by atoms with Gasteiger partial charge in [-0.15, -0.1) is 0 Å². The molecule has 3 N–H and O–H groups in total. The van der Waals surface area contributed by atoms with E-state index in [2.05, 4.69) is 26.8 Å². The molecule has 0 fully saturated rings. The molecule has 5 nitrogen and oxygen atoms in total. The van der Waals surface area contributed by atoms with Crippen LogP contribution in [-0.2, 0) is 10.0 Å². The third-order valence-electron chi connectivity index (χ3n) is 5.80. The van der Waals surface area contributed by atoms with Gasteiger partial charge in [0.1, 0.15) is 0 Å². The summed E-state index contributed by atoms with van der Waals surface area (Å²) in [4.78, 5) is 6.93. The van der Waals surface area contributed by atoms with Crippen LogP contribution in [0.1, 0.15) is 22.6 Å². The minimum atomic E-state index is -3.63. The normalized spacial score (nSPS) is 12.2. The van der Waals surface area contributed by atoms with Crippen molar-refractivity contribution in [1.29, 1.82) is 0 Å². The van der Waals surface area contributed by atoms with Gasteiger partial charge in [0.15, 0.2) is 0 Å². The molecule has 0 saturated carbocycles. The van der Waals surface area contributed by atoms with E-state index < -0.39 is 10.0 Å². The first kappa shape index (κ1) is 19.6. The number of nitrogens with one attached hydrogen (secondary N) is 3. The lowest BCUT2D eigenvalue weighted by Crippen LogP contribution is -2.29. The third kappa shape index (κ3) is 3.65. The van der Waals surface area contributed by atoms with Gasteiger partial charge in [-0.2, -0.15) is 0 Å². The summed E-state index contributed by atoms with van der Waals surface area (Å²) in [6.45, 7) is 2.19. The molecule has 5 rings (SSSR count). The Kier molecular flexibility index (Phi) is 4.88. The number of para-hydroxylation sites is 2. The van der Waals surface area contributed by atoms with Crippen LogP contribution in [0.2, 0.25) is 0 Å². The van der Waals surface area contributed by atoms with Crippen LogP contribution in [0.15, 0.2) is 90.1 Å². The number of aromatic nitrogens is 2. The summed E-state index contributed by atoms with van der Waals surface area (Å²) in [6, 6.07) is 23.1. The molecule has 0 radical (unpaired) electrons. The maximum Gasteiger partial charge on any atom is 0.240 e. The minimum absolute atomic E-state index is 0.160. The predicted octanol–water partition coefficient (Wildman–Crippen LogP) is 5.07. The van der Waals surface area contributed by atoms with E-state index in [1.165, 1.54) is 0 Å². The second-order valence-electron chi connectivity index (χ2n) is 7.80. The monoisotopic (exact) mass is 429 g/mol. The van der Waals surface area contributed by atoms with E-state index in [0.717, 1.165) is 38.5 Å². The van der Waals surface area contributed by atoms with Crippen molar-refractivity contribution < 1.29 is 8.42 Å². The van der Waals surface area contributed by atoms with Crippen molar-refractivity contribution in [2.24, 2.45) is 0 Å². The molecule has 0 aliphatic rings. The van der Waals surface area contributed by atoms with Crippen molar-refractivity contribution in [3.63, 3.8) is 0 Å². The van der Waals surface area contributed by atoms with Crippen LogP contribution in [0.3, 0.4) is 0 Å². The molecule has 2 aromatic heterocycles. The molecule has 31 heavy (non-hydrogen) atoms. The Morgan fingerprint density at radius 1 is 0.774 bits per heavy atom. The van der Waals surface area contributed by atoms with E-state index in [0.29, 0.717) is 0 Å². The van der Waals surface area contributed by atoms with Crippen LogP contribution in [0.25, 0.3) is 21.8 Å². The number of sulfonamides is 1. The Balaban J connectivity index is 1.57. The lowest BCUT2D eigenvalue weighted by molar-refractivity contribution is 0.578. The molecule has 0 unspecified atom stereocenters. The second kappa shape index (κ2) is 7.72. The van der Waals surface area contributed by atoms with Crippen LogP contribution in [-0.4, -0.2) is 24.9 Å². The fourth-order valence-electron chi connectivity index (χ4n) is 4.15. The van der Waals surface area contributed by atoms with Gasteiger partial charge in [0.2, 0.25) is 10.0 Å². The van der Waals surface area contributed by atoms with Crippen molar-refractivity contribution in [3.05, 3.63) is 102 Å². The molecular formula is C25H23N3O2S. The smallest absolute Gasteiger partial charge is 0.240 e. The highest BCUT2D eigenvalue weighted by molar-refractivity contribution is 7.89. The fourth-order valence-corrected chi connectivity index (χ4v) is 5.19. The van der Waals surface area contributed by atoms with Gasteiger partial charge in [0.25, 0.3) is 0 Å². The molecule has 0 saturated heterocycles. The first-order valence-electron chi connectivity index (χ1n) is 10.2. The van der Waals surface area contributed by atoms with Crippen LogP contribution in [0.4, 0.5) is 0 Å². The lowest BCUT2D eigenvalue weighted by atomic mass is 9.91. The van der Waals surface area contributed by atoms with Crippen molar-refractivity contribution in [2.75, 3.05) is 6.54 Å². The molecule has 0 aliphatic carbocycles. The molecule has 156 valence electrons. The molecule has 0 spiro atoms. The van der Waals surface area contributed by atoms with Gasteiger partial charge in [0, 0.05) is 46.7 Å². The molecule has 6 heteroatoms. The second-order valence-corrected chi connectivity index (χ2v) is 9.56. The van der Waals surface area contributed by atoms with Crippen molar-refractivity contribution >= 4 is 31.8 Å². The highest BCUT2D eigenvalue weighted by atomic mass is 32.2. The zero-order chi connectivity index (χ0) is 21.4. The average Bonchev–Trinajstić information content (AvgIpc) is 3.40. The number of rotatable bonds is 6. The number of hydrogen-bond acceptors (Lipinski definition) is 2. The van der Waals surface area contributed by atoms with E-state index in [9.17, 15) is 8.42 Å². The van der Waals surface area contributed by atoms with Gasteiger partial charge in [-0.3, -0.25) is 0 Å². The SMILES string of the molecule is Cc1ccc(S(=O)(=O)NCC(c2c[nH]c3ccccc23)c2c[nH]c3ccccc23)cc1. The number of hydrogen-bond donors (Lipinski definition) is 3. The highest BCUT2D eigenvalue weighted by Gasteiger charge is 2.24. The number of aromatic amines is 2. The molecule has 0 aliphatic heterocycles. The summed E-state index contributed by atoms with van der Waals surface area (Å²) < 4.78 is 28.8. The van der Waals surface area contributed by atoms with E-state index in [4.69, 9.17) is 0 Å². The predicted molar refractivity (Wildman–Crippen MR) is 125 cm³/mol. The summed E-state index contributed by atoms with van der Waals surface area (Å²) >= 11 is 0. The maximum absolute atomic E-state index is 13.0. The van der Waals surface area contributed by atoms with Crippen LogP contribution in [0.5, 0.6) is 0 Å². The first-order chi connectivity index (χ1) is 15.0. The fraction of sp³-hybridized carbons (Fsp3) is 0.120. The minimum Gasteiger partial charge on any atom is -0.361 e. The average molecular weight is 430 g/mol. The zero-order valence-electron chi connectivity index (χ0n) is 17.1. The number of benzene rings is 3. The molecule has 2 heterocycles. The van der Waals surface area contributed by atoms with E-state index in [1.807, 2.05) is 67.8 Å². The summed E-state index contributed by atoms with van der Waals surface area (Å²) in [5, 5.41) is 2.18. The van der Waals surface area contributed by atoms with Gasteiger partial charge in [0.05, 0.1) is 4.90 Å². The topological polar surface area (TPSA) is 77.8 Å². The van der Waals surface area contributed by atoms with Gasteiger partial charge in [-0.1, -0.05) is 54.1 Å². The van der Waals surface area contributed by atoms with E-state index in [-0.39, 0.29) is 17.4 Å². The van der Waals surface area contributed by atoms with Crippen molar-refractivity contribution in [3.8, 4) is 0 Å². The number of H-pyrrole nitrogens is 2. The van der Waals surface area contributed by atoms with Crippen LogP contribution >= 0.6 is 0 Å². The molecule has 0 amide bonds. The van der Waals surface area contributed by atoms with Crippen molar-refractivity contribution in [2.45, 2.75) is 17.7 Å². The Bertz CT molecular complexity index is 1390. The zero-order valence-corrected chi connectivity index (χ0v) is 17.9. The summed E-state index contributed by atoms with van der Waals surface area (Å²) in [7, 11) is -3.63. The Morgan fingerprint density at radius 2 is 1.29 bits per heavy atom. The molecular weight excluding hydrogens is 406 g/mol. The Morgan fingerprint density at radius 3 is 1.84 bits per heavy atom. The van der Waals surface area contributed by atoms with Gasteiger partial charge >= 0.3 is 0 Å². The van der Waals surface area contributed by atoms with Gasteiger partial charge in [-0.25, -0.2) is 13.1 Å². The summed E-state index contributed by atoms with van der Waals surface area (Å²) in [5.74, 6) is -0.160. The number of aryl methyl sites for hydroxylation is 1. The van der Waals surface area contributed by atoms with Crippen LogP contribution in [0, 0.1) is 6.92 Å². The molecule has 3 aromatic carbocycles. The Hall–Kier alpha value is -3.35. The van der Waals surface area contributed by atoms with Crippen molar-refractivity contribution in [1.82, 2.24) is 14.7 Å². The van der Waals surface area contributed by atoms with Gasteiger partial charge < -0.3 is 9.97 Å². The quantitative estimate of drug-likeness (QED) is 0.352. The molecule has 0 atom stereocenters. The standard InChI is InChI=1S/C25H23N3O2S/c1-17-10-12-18(13-11-17)31(29,30)28-16-23(21-14-26-24-8-4-2-6-19(21)24)22-15-27-25-9-5-3-7-20(22)25/h2-15,23,26-28H,16H2,1H3. The molecule has 0 bridgehead atoms. The largest absolute Gasteiger partial charge is 0.361 e. The molecule has 5 aromatic rings. The summed E-state index contributed by atoms with van der Waals surface area (Å²) in [6.07, 6.45) is 3.97. The third-order valence-corrected chi connectivity index (χ3v) is 7.24. The van der Waals surface area contributed by atoms with Crippen LogP contribution < -0.4 is 4.72 Å². The van der Waals surface area contributed by atoms with Gasteiger partial charge in [-0.05, 0) is 42.3 Å². The lowest BCUT2D eigenvalue weighted by Gasteiger charge is -2.18. The first-order valence-corrected chi connectivity index (χ1v) is 11.7.